The summed E-state index contributed by atoms with van der Waals surface area (Å²) in [5, 5.41) is 15.8. The van der Waals surface area contributed by atoms with Crippen LogP contribution in [0.1, 0.15) is 65.7 Å². The smallest absolute Gasteiger partial charge is 0.165 e. The molecule has 0 aromatic carbocycles. The third kappa shape index (κ3) is 3.75. The quantitative estimate of drug-likeness (QED) is 0.912. The molecule has 1 aromatic heterocycles. The van der Waals surface area contributed by atoms with Crippen molar-refractivity contribution in [3.8, 4) is 0 Å². The lowest BCUT2D eigenvalue weighted by molar-refractivity contribution is 0.188. The van der Waals surface area contributed by atoms with E-state index in [1.165, 1.54) is 19.3 Å². The Bertz CT molecular complexity index is 406. The van der Waals surface area contributed by atoms with Crippen LogP contribution in [0.2, 0.25) is 0 Å². The van der Waals surface area contributed by atoms with Gasteiger partial charge in [0.15, 0.2) is 5.82 Å². The highest BCUT2D eigenvalue weighted by Crippen LogP contribution is 2.36. The average Bonchev–Trinajstić information content (AvgIpc) is 2.73. The standard InChI is InChI=1S/C14H27N5/c1-10-6-7-12(11(2)8-10)19-13(16-17-18-19)9-15-14(3,4)5/h10-12,15H,6-9H2,1-5H3. The second-order valence-corrected chi connectivity index (χ2v) is 7.11. The summed E-state index contributed by atoms with van der Waals surface area (Å²) in [6.07, 6.45) is 3.74. The average molecular weight is 265 g/mol. The summed E-state index contributed by atoms with van der Waals surface area (Å²) in [5.74, 6) is 2.45. The van der Waals surface area contributed by atoms with Gasteiger partial charge in [0.1, 0.15) is 0 Å². The normalized spacial score (nSPS) is 28.6. The Labute approximate surface area is 116 Å². The van der Waals surface area contributed by atoms with Crippen molar-refractivity contribution in [2.24, 2.45) is 11.8 Å². The number of hydrogen-bond acceptors (Lipinski definition) is 4. The Balaban J connectivity index is 2.06. The number of rotatable bonds is 3. The van der Waals surface area contributed by atoms with Crippen LogP contribution in [0.4, 0.5) is 0 Å². The van der Waals surface area contributed by atoms with Crippen LogP contribution in [0.25, 0.3) is 0 Å². The molecule has 0 bridgehead atoms. The van der Waals surface area contributed by atoms with E-state index in [4.69, 9.17) is 0 Å². The van der Waals surface area contributed by atoms with Crippen LogP contribution in [0.3, 0.4) is 0 Å². The molecule has 0 spiro atoms. The monoisotopic (exact) mass is 265 g/mol. The maximum Gasteiger partial charge on any atom is 0.165 e. The molecule has 5 nitrogen and oxygen atoms in total. The van der Waals surface area contributed by atoms with Gasteiger partial charge in [-0.3, -0.25) is 0 Å². The van der Waals surface area contributed by atoms with Crippen molar-refractivity contribution >= 4 is 0 Å². The van der Waals surface area contributed by atoms with E-state index in [0.717, 1.165) is 18.3 Å². The van der Waals surface area contributed by atoms with E-state index in [9.17, 15) is 0 Å². The zero-order valence-corrected chi connectivity index (χ0v) is 12.8. The molecule has 3 atom stereocenters. The van der Waals surface area contributed by atoms with Crippen molar-refractivity contribution < 1.29 is 0 Å². The highest BCUT2D eigenvalue weighted by molar-refractivity contribution is 4.89. The maximum absolute atomic E-state index is 4.23. The number of tetrazole rings is 1. The fourth-order valence-corrected chi connectivity index (χ4v) is 2.94. The summed E-state index contributed by atoms with van der Waals surface area (Å²) in [4.78, 5) is 0. The van der Waals surface area contributed by atoms with E-state index < -0.39 is 0 Å². The van der Waals surface area contributed by atoms with E-state index in [-0.39, 0.29) is 5.54 Å². The second kappa shape index (κ2) is 5.57. The Morgan fingerprint density at radius 1 is 1.26 bits per heavy atom. The Morgan fingerprint density at radius 3 is 2.63 bits per heavy atom. The molecule has 1 aliphatic rings. The predicted molar refractivity (Wildman–Crippen MR) is 75.6 cm³/mol. The van der Waals surface area contributed by atoms with Crippen molar-refractivity contribution in [3.05, 3.63) is 5.82 Å². The van der Waals surface area contributed by atoms with Crippen LogP contribution in [-0.4, -0.2) is 25.7 Å². The second-order valence-electron chi connectivity index (χ2n) is 7.11. The molecule has 1 saturated carbocycles. The predicted octanol–water partition coefficient (Wildman–Crippen LogP) is 2.56. The first kappa shape index (κ1) is 14.4. The molecule has 1 fully saturated rings. The van der Waals surface area contributed by atoms with Gasteiger partial charge in [0.2, 0.25) is 0 Å². The third-order valence-corrected chi connectivity index (χ3v) is 4.04. The number of nitrogens with zero attached hydrogens (tertiary/aromatic N) is 4. The number of aromatic nitrogens is 4. The Hall–Kier alpha value is -0.970. The minimum Gasteiger partial charge on any atom is -0.305 e. The molecule has 19 heavy (non-hydrogen) atoms. The lowest BCUT2D eigenvalue weighted by atomic mass is 9.80. The molecule has 1 heterocycles. The number of nitrogens with one attached hydrogen (secondary N) is 1. The molecular weight excluding hydrogens is 238 g/mol. The lowest BCUT2D eigenvalue weighted by Crippen LogP contribution is -2.37. The molecule has 0 radical (unpaired) electrons. The van der Waals surface area contributed by atoms with E-state index in [1.807, 2.05) is 0 Å². The minimum atomic E-state index is 0.0868. The van der Waals surface area contributed by atoms with Gasteiger partial charge in [-0.2, -0.15) is 0 Å². The summed E-state index contributed by atoms with van der Waals surface area (Å²) in [6.45, 7) is 11.9. The van der Waals surface area contributed by atoms with Gasteiger partial charge in [-0.15, -0.1) is 5.10 Å². The first-order chi connectivity index (χ1) is 8.87. The molecular formula is C14H27N5. The van der Waals surface area contributed by atoms with Crippen molar-refractivity contribution in [1.29, 1.82) is 0 Å². The van der Waals surface area contributed by atoms with E-state index in [2.05, 4.69) is 60.1 Å². The van der Waals surface area contributed by atoms with Gasteiger partial charge in [-0.25, -0.2) is 4.68 Å². The van der Waals surface area contributed by atoms with E-state index in [0.29, 0.717) is 12.0 Å². The molecule has 0 aliphatic heterocycles. The molecule has 0 saturated heterocycles. The van der Waals surface area contributed by atoms with Gasteiger partial charge < -0.3 is 5.32 Å². The van der Waals surface area contributed by atoms with Crippen LogP contribution in [0, 0.1) is 11.8 Å². The topological polar surface area (TPSA) is 55.6 Å². The summed E-state index contributed by atoms with van der Waals surface area (Å²) in [5.41, 5.74) is 0.0868. The minimum absolute atomic E-state index is 0.0868. The Morgan fingerprint density at radius 2 is 2.00 bits per heavy atom. The van der Waals surface area contributed by atoms with Gasteiger partial charge in [0, 0.05) is 5.54 Å². The van der Waals surface area contributed by atoms with Gasteiger partial charge in [0.25, 0.3) is 0 Å². The fourth-order valence-electron chi connectivity index (χ4n) is 2.94. The number of hydrogen-bond donors (Lipinski definition) is 1. The van der Waals surface area contributed by atoms with Crippen molar-refractivity contribution in [2.75, 3.05) is 0 Å². The molecule has 5 heteroatoms. The Kier molecular flexibility index (Phi) is 4.23. The van der Waals surface area contributed by atoms with Crippen LogP contribution in [0.15, 0.2) is 0 Å². The summed E-state index contributed by atoms with van der Waals surface area (Å²) in [7, 11) is 0. The molecule has 2 rings (SSSR count). The lowest BCUT2D eigenvalue weighted by Gasteiger charge is -2.33. The van der Waals surface area contributed by atoms with Crippen LogP contribution in [-0.2, 0) is 6.54 Å². The zero-order valence-electron chi connectivity index (χ0n) is 12.8. The summed E-state index contributed by atoms with van der Waals surface area (Å²) < 4.78 is 2.05. The highest BCUT2D eigenvalue weighted by atomic mass is 15.6. The van der Waals surface area contributed by atoms with Crippen LogP contribution < -0.4 is 5.32 Å². The van der Waals surface area contributed by atoms with Crippen molar-refractivity contribution in [1.82, 2.24) is 25.5 Å². The molecule has 0 amide bonds. The van der Waals surface area contributed by atoms with Gasteiger partial charge in [-0.05, 0) is 62.3 Å². The fraction of sp³-hybridized carbons (Fsp3) is 0.929. The first-order valence-corrected chi connectivity index (χ1v) is 7.38. The van der Waals surface area contributed by atoms with E-state index >= 15 is 0 Å². The van der Waals surface area contributed by atoms with Gasteiger partial charge in [0.05, 0.1) is 12.6 Å². The molecule has 108 valence electrons. The SMILES string of the molecule is CC1CCC(n2nnnc2CNC(C)(C)C)C(C)C1. The van der Waals surface area contributed by atoms with Crippen LogP contribution in [0.5, 0.6) is 0 Å². The molecule has 1 N–H and O–H groups in total. The van der Waals surface area contributed by atoms with Crippen molar-refractivity contribution in [3.63, 3.8) is 0 Å². The third-order valence-electron chi connectivity index (χ3n) is 4.04. The summed E-state index contributed by atoms with van der Waals surface area (Å²) >= 11 is 0. The van der Waals surface area contributed by atoms with Crippen LogP contribution >= 0.6 is 0 Å². The van der Waals surface area contributed by atoms with Gasteiger partial charge in [-0.1, -0.05) is 13.8 Å². The molecule has 3 unspecified atom stereocenters. The largest absolute Gasteiger partial charge is 0.305 e. The first-order valence-electron chi connectivity index (χ1n) is 7.38. The van der Waals surface area contributed by atoms with E-state index in [1.54, 1.807) is 0 Å². The maximum atomic E-state index is 4.23. The van der Waals surface area contributed by atoms with Gasteiger partial charge >= 0.3 is 0 Å². The van der Waals surface area contributed by atoms with Crippen molar-refractivity contribution in [2.45, 2.75) is 72.0 Å². The molecule has 1 aromatic rings. The zero-order chi connectivity index (χ0) is 14.0. The highest BCUT2D eigenvalue weighted by Gasteiger charge is 2.29. The summed E-state index contributed by atoms with van der Waals surface area (Å²) in [6, 6.07) is 0.461. The molecule has 1 aliphatic carbocycles.